The number of aromatic nitrogens is 2. The zero-order valence-electron chi connectivity index (χ0n) is 12.6. The number of thiazole rings is 1. The molecule has 2 heterocycles. The van der Waals surface area contributed by atoms with Crippen molar-refractivity contribution in [3.8, 4) is 11.3 Å². The van der Waals surface area contributed by atoms with E-state index in [0.717, 1.165) is 10.4 Å². The summed E-state index contributed by atoms with van der Waals surface area (Å²) in [7, 11) is 0. The molecule has 0 radical (unpaired) electrons. The maximum absolute atomic E-state index is 13.3. The zero-order chi connectivity index (χ0) is 17.4. The molecule has 2 aromatic heterocycles. The average molecular weight is 355 g/mol. The van der Waals surface area contributed by atoms with Gasteiger partial charge in [-0.15, -0.1) is 0 Å². The van der Waals surface area contributed by atoms with E-state index in [1.165, 1.54) is 29.5 Å². The van der Waals surface area contributed by atoms with Gasteiger partial charge in [0, 0.05) is 17.3 Å². The highest BCUT2D eigenvalue weighted by Crippen LogP contribution is 2.30. The van der Waals surface area contributed by atoms with Crippen molar-refractivity contribution in [2.45, 2.75) is 0 Å². The van der Waals surface area contributed by atoms with Crippen LogP contribution in [0.2, 0.25) is 0 Å². The van der Waals surface area contributed by atoms with Crippen molar-refractivity contribution in [3.63, 3.8) is 0 Å². The van der Waals surface area contributed by atoms with Gasteiger partial charge in [-0.25, -0.2) is 14.2 Å². The fourth-order valence-corrected chi connectivity index (χ4v) is 3.25. The third-order valence-electron chi connectivity index (χ3n) is 3.48. The van der Waals surface area contributed by atoms with Crippen LogP contribution in [0.1, 0.15) is 10.6 Å². The molecular formula is C17H10FN3O3S. The first kappa shape index (κ1) is 15.3. The fourth-order valence-electron chi connectivity index (χ4n) is 2.34. The number of carboxylic acid groups (broad SMARTS) is 1. The molecule has 0 saturated carbocycles. The number of carbonyl (C=O) groups is 1. The van der Waals surface area contributed by atoms with Gasteiger partial charge in [-0.1, -0.05) is 28.6 Å². The first-order valence-corrected chi connectivity index (χ1v) is 8.04. The van der Waals surface area contributed by atoms with E-state index in [-0.39, 0.29) is 11.6 Å². The van der Waals surface area contributed by atoms with Crippen LogP contribution >= 0.6 is 11.3 Å². The number of anilines is 2. The molecule has 0 spiro atoms. The summed E-state index contributed by atoms with van der Waals surface area (Å²) in [5.74, 6) is -1.69. The van der Waals surface area contributed by atoms with Gasteiger partial charge < -0.3 is 14.9 Å². The summed E-state index contributed by atoms with van der Waals surface area (Å²) in [6.45, 7) is 0. The lowest BCUT2D eigenvalue weighted by Crippen LogP contribution is -1.91. The second-order valence-electron chi connectivity index (χ2n) is 5.22. The Bertz CT molecular complexity index is 1090. The highest BCUT2D eigenvalue weighted by molar-refractivity contribution is 7.22. The van der Waals surface area contributed by atoms with Gasteiger partial charge in [-0.3, -0.25) is 0 Å². The topological polar surface area (TPSA) is 88.2 Å². The number of nitrogens with one attached hydrogen (secondary N) is 1. The molecular weight excluding hydrogens is 345 g/mol. The lowest BCUT2D eigenvalue weighted by molar-refractivity contribution is 0.0652. The molecule has 0 amide bonds. The monoisotopic (exact) mass is 355 g/mol. The smallest absolute Gasteiger partial charge is 0.374 e. The van der Waals surface area contributed by atoms with Gasteiger partial charge >= 0.3 is 5.97 Å². The Kier molecular flexibility index (Phi) is 3.66. The molecule has 8 heteroatoms. The Morgan fingerprint density at radius 2 is 2.08 bits per heavy atom. The zero-order valence-corrected chi connectivity index (χ0v) is 13.4. The molecule has 4 rings (SSSR count). The number of hydrogen-bond acceptors (Lipinski definition) is 6. The molecule has 4 aromatic rings. The van der Waals surface area contributed by atoms with E-state index in [0.29, 0.717) is 21.9 Å². The predicted octanol–water partition coefficient (Wildman–Crippen LogP) is 4.53. The number of benzene rings is 2. The third kappa shape index (κ3) is 3.07. The van der Waals surface area contributed by atoms with E-state index < -0.39 is 5.97 Å². The second kappa shape index (κ2) is 5.99. The lowest BCUT2D eigenvalue weighted by Gasteiger charge is -2.03. The summed E-state index contributed by atoms with van der Waals surface area (Å²) in [5.41, 5.74) is 2.59. The van der Waals surface area contributed by atoms with Gasteiger partial charge in [0.05, 0.1) is 10.2 Å². The second-order valence-corrected chi connectivity index (χ2v) is 6.25. The molecule has 25 heavy (non-hydrogen) atoms. The Morgan fingerprint density at radius 1 is 1.20 bits per heavy atom. The van der Waals surface area contributed by atoms with E-state index in [2.05, 4.69) is 15.5 Å². The molecule has 0 aliphatic carbocycles. The summed E-state index contributed by atoms with van der Waals surface area (Å²) in [4.78, 5) is 15.3. The highest BCUT2D eigenvalue weighted by atomic mass is 32.1. The van der Waals surface area contributed by atoms with Gasteiger partial charge in [0.15, 0.2) is 5.13 Å². The Hall–Kier alpha value is -3.26. The molecule has 6 nitrogen and oxygen atoms in total. The Morgan fingerprint density at radius 3 is 2.88 bits per heavy atom. The third-order valence-corrected chi connectivity index (χ3v) is 4.41. The first-order chi connectivity index (χ1) is 12.1. The van der Waals surface area contributed by atoms with Crippen LogP contribution in [-0.2, 0) is 0 Å². The number of halogens is 1. The molecule has 0 bridgehead atoms. The number of nitrogens with zero attached hydrogens (tertiary/aromatic N) is 2. The molecule has 0 unspecified atom stereocenters. The normalized spacial score (nSPS) is 10.9. The van der Waals surface area contributed by atoms with Crippen molar-refractivity contribution in [2.24, 2.45) is 0 Å². The van der Waals surface area contributed by atoms with E-state index in [1.807, 2.05) is 6.07 Å². The van der Waals surface area contributed by atoms with E-state index in [9.17, 15) is 9.18 Å². The van der Waals surface area contributed by atoms with Gasteiger partial charge in [0.25, 0.3) is 0 Å². The van der Waals surface area contributed by atoms with E-state index >= 15 is 0 Å². The largest absolute Gasteiger partial charge is 0.475 e. The number of aromatic carboxylic acids is 1. The van der Waals surface area contributed by atoms with E-state index in [4.69, 9.17) is 9.63 Å². The van der Waals surface area contributed by atoms with Crippen LogP contribution in [0.25, 0.3) is 21.5 Å². The van der Waals surface area contributed by atoms with Gasteiger partial charge in [0.1, 0.15) is 11.5 Å². The summed E-state index contributed by atoms with van der Waals surface area (Å²) in [5, 5.41) is 16.5. The number of hydrogen-bond donors (Lipinski definition) is 2. The van der Waals surface area contributed by atoms with Crippen molar-refractivity contribution in [2.75, 3.05) is 5.32 Å². The summed E-state index contributed by atoms with van der Waals surface area (Å²) < 4.78 is 18.8. The number of fused-ring (bicyclic) bond motifs is 1. The minimum Gasteiger partial charge on any atom is -0.475 e. The van der Waals surface area contributed by atoms with Crippen molar-refractivity contribution in [1.82, 2.24) is 10.1 Å². The van der Waals surface area contributed by atoms with Crippen LogP contribution < -0.4 is 5.32 Å². The lowest BCUT2D eigenvalue weighted by atomic mass is 10.1. The molecule has 2 aromatic carbocycles. The molecule has 0 saturated heterocycles. The van der Waals surface area contributed by atoms with E-state index in [1.54, 1.807) is 24.3 Å². The van der Waals surface area contributed by atoms with Crippen LogP contribution in [0.15, 0.2) is 53.1 Å². The van der Waals surface area contributed by atoms with Crippen LogP contribution in [0, 0.1) is 5.82 Å². The standard InChI is InChI=1S/C17H10FN3O3S/c18-10-4-5-12-15(7-10)25-17(20-12)19-11-3-1-2-9(6-11)13-8-14(16(22)23)24-21-13/h1-8H,(H,19,20)(H,22,23). The maximum Gasteiger partial charge on any atom is 0.374 e. The van der Waals surface area contributed by atoms with Crippen LogP contribution in [0.5, 0.6) is 0 Å². The molecule has 0 fully saturated rings. The van der Waals surface area contributed by atoms with Gasteiger partial charge in [0.2, 0.25) is 5.76 Å². The van der Waals surface area contributed by atoms with Crippen LogP contribution in [0.3, 0.4) is 0 Å². The van der Waals surface area contributed by atoms with Crippen molar-refractivity contribution in [1.29, 1.82) is 0 Å². The van der Waals surface area contributed by atoms with Crippen molar-refractivity contribution in [3.05, 3.63) is 60.1 Å². The quantitative estimate of drug-likeness (QED) is 0.559. The summed E-state index contributed by atoms with van der Waals surface area (Å²) in [6, 6.07) is 13.1. The predicted molar refractivity (Wildman–Crippen MR) is 91.8 cm³/mol. The van der Waals surface area contributed by atoms with Gasteiger partial charge in [-0.05, 0) is 30.3 Å². The summed E-state index contributed by atoms with van der Waals surface area (Å²) in [6.07, 6.45) is 0. The Balaban J connectivity index is 1.62. The van der Waals surface area contributed by atoms with Crippen molar-refractivity contribution < 1.29 is 18.8 Å². The molecule has 2 N–H and O–H groups in total. The molecule has 124 valence electrons. The van der Waals surface area contributed by atoms with Crippen LogP contribution in [-0.4, -0.2) is 21.2 Å². The highest BCUT2D eigenvalue weighted by Gasteiger charge is 2.13. The molecule has 0 aliphatic heterocycles. The summed E-state index contributed by atoms with van der Waals surface area (Å²) >= 11 is 1.34. The SMILES string of the molecule is O=C(O)c1cc(-c2cccc(Nc3nc4ccc(F)cc4s3)c2)no1. The minimum absolute atomic E-state index is 0.221. The molecule has 0 aliphatic rings. The number of carboxylic acids is 1. The maximum atomic E-state index is 13.3. The van der Waals surface area contributed by atoms with Crippen LogP contribution in [0.4, 0.5) is 15.2 Å². The van der Waals surface area contributed by atoms with Crippen molar-refractivity contribution >= 4 is 38.3 Å². The number of rotatable bonds is 4. The fraction of sp³-hybridized carbons (Fsp3) is 0. The van der Waals surface area contributed by atoms with Gasteiger partial charge in [-0.2, -0.15) is 0 Å². The Labute approximate surface area is 144 Å². The first-order valence-electron chi connectivity index (χ1n) is 7.22. The molecule has 0 atom stereocenters. The minimum atomic E-state index is -1.17. The average Bonchev–Trinajstić information content (AvgIpc) is 3.21.